The molecule has 2 aromatic heterocycles. The van der Waals surface area contributed by atoms with Gasteiger partial charge in [0.1, 0.15) is 17.9 Å². The Kier molecular flexibility index (Phi) is 5.30. The van der Waals surface area contributed by atoms with Crippen LogP contribution in [0.1, 0.15) is 17.1 Å². The molecule has 2 heterocycles. The van der Waals surface area contributed by atoms with Crippen molar-refractivity contribution in [2.75, 3.05) is 6.54 Å². The maximum absolute atomic E-state index is 12.1. The number of nitrogens with one attached hydrogen (secondary N) is 1. The Morgan fingerprint density at radius 1 is 1.19 bits per heavy atom. The first kappa shape index (κ1) is 18.3. The molecule has 9 heteroatoms. The van der Waals surface area contributed by atoms with E-state index in [4.69, 9.17) is 0 Å². The minimum Gasteiger partial charge on any atom is -0.354 e. The van der Waals surface area contributed by atoms with Crippen LogP contribution in [-0.4, -0.2) is 36.9 Å². The second-order valence-electron chi connectivity index (χ2n) is 6.12. The number of carbonyl (C=O) groups is 1. The first-order valence-electron chi connectivity index (χ1n) is 8.51. The molecule has 0 unspecified atom stereocenters. The summed E-state index contributed by atoms with van der Waals surface area (Å²) in [6, 6.07) is 11.7. The summed E-state index contributed by atoms with van der Waals surface area (Å²) in [6.07, 6.45) is 2.46. The Bertz CT molecular complexity index is 961. The summed E-state index contributed by atoms with van der Waals surface area (Å²) in [6.45, 7) is 3.51. The van der Waals surface area contributed by atoms with E-state index in [1.54, 1.807) is 18.5 Å². The molecule has 0 atom stereocenters. The molecule has 3 rings (SSSR count). The predicted molar refractivity (Wildman–Crippen MR) is 98.6 cm³/mol. The van der Waals surface area contributed by atoms with Gasteiger partial charge in [0.2, 0.25) is 5.91 Å². The average molecular weight is 368 g/mol. The van der Waals surface area contributed by atoms with Crippen molar-refractivity contribution >= 4 is 11.6 Å². The molecule has 0 spiro atoms. The summed E-state index contributed by atoms with van der Waals surface area (Å²) in [5.41, 5.74) is 2.46. The third-order valence-corrected chi connectivity index (χ3v) is 4.19. The van der Waals surface area contributed by atoms with E-state index < -0.39 is 4.92 Å². The monoisotopic (exact) mass is 368 g/mol. The van der Waals surface area contributed by atoms with Crippen LogP contribution in [0.2, 0.25) is 0 Å². The van der Waals surface area contributed by atoms with Crippen molar-refractivity contribution in [3.63, 3.8) is 0 Å². The highest BCUT2D eigenvalue weighted by Gasteiger charge is 2.22. The summed E-state index contributed by atoms with van der Waals surface area (Å²) in [5.74, 6) is -0.252. The minimum absolute atomic E-state index is 0.0470. The van der Waals surface area contributed by atoms with Crippen molar-refractivity contribution in [3.05, 3.63) is 69.8 Å². The van der Waals surface area contributed by atoms with Gasteiger partial charge in [-0.2, -0.15) is 10.2 Å². The van der Waals surface area contributed by atoms with Crippen LogP contribution >= 0.6 is 0 Å². The number of aromatic nitrogens is 4. The van der Waals surface area contributed by atoms with Gasteiger partial charge in [-0.3, -0.25) is 19.6 Å². The van der Waals surface area contributed by atoms with Crippen molar-refractivity contribution in [3.8, 4) is 5.69 Å². The molecule has 0 saturated carbocycles. The third-order valence-electron chi connectivity index (χ3n) is 4.19. The molecule has 0 aliphatic rings. The summed E-state index contributed by atoms with van der Waals surface area (Å²) < 4.78 is 3.14. The minimum atomic E-state index is -0.477. The molecule has 3 aromatic rings. The van der Waals surface area contributed by atoms with Gasteiger partial charge in [-0.05, 0) is 32.0 Å². The SMILES string of the molecule is Cc1nn(CC(=O)NCCc2ccn(-c3ccccc3)n2)c(C)c1[N+](=O)[O-]. The van der Waals surface area contributed by atoms with Crippen molar-refractivity contribution in [1.82, 2.24) is 24.9 Å². The van der Waals surface area contributed by atoms with Gasteiger partial charge in [-0.25, -0.2) is 4.68 Å². The fourth-order valence-electron chi connectivity index (χ4n) is 2.85. The van der Waals surface area contributed by atoms with Gasteiger partial charge in [0, 0.05) is 19.2 Å². The topological polar surface area (TPSA) is 108 Å². The first-order valence-corrected chi connectivity index (χ1v) is 8.51. The molecule has 0 bridgehead atoms. The van der Waals surface area contributed by atoms with E-state index in [9.17, 15) is 14.9 Å². The number of benzene rings is 1. The highest BCUT2D eigenvalue weighted by molar-refractivity contribution is 5.75. The lowest BCUT2D eigenvalue weighted by molar-refractivity contribution is -0.386. The molecule has 0 fully saturated rings. The second kappa shape index (κ2) is 7.81. The van der Waals surface area contributed by atoms with Crippen LogP contribution in [0.3, 0.4) is 0 Å². The van der Waals surface area contributed by atoms with Crippen LogP contribution in [0.25, 0.3) is 5.69 Å². The largest absolute Gasteiger partial charge is 0.354 e. The van der Waals surface area contributed by atoms with Crippen LogP contribution in [0.4, 0.5) is 5.69 Å². The van der Waals surface area contributed by atoms with Gasteiger partial charge in [-0.1, -0.05) is 18.2 Å². The second-order valence-corrected chi connectivity index (χ2v) is 6.12. The Morgan fingerprint density at radius 3 is 2.59 bits per heavy atom. The van der Waals surface area contributed by atoms with Gasteiger partial charge < -0.3 is 5.32 Å². The number of nitrogens with zero attached hydrogens (tertiary/aromatic N) is 5. The Hall–Kier alpha value is -3.49. The summed E-state index contributed by atoms with van der Waals surface area (Å²) in [4.78, 5) is 22.6. The number of rotatable bonds is 7. The third kappa shape index (κ3) is 4.20. The lowest BCUT2D eigenvalue weighted by Crippen LogP contribution is -2.30. The molecule has 27 heavy (non-hydrogen) atoms. The van der Waals surface area contributed by atoms with Crippen LogP contribution in [0, 0.1) is 24.0 Å². The quantitative estimate of drug-likeness (QED) is 0.506. The highest BCUT2D eigenvalue weighted by Crippen LogP contribution is 2.21. The van der Waals surface area contributed by atoms with Gasteiger partial charge in [0.25, 0.3) is 0 Å². The average Bonchev–Trinajstić information content (AvgIpc) is 3.20. The molecule has 1 amide bonds. The van der Waals surface area contributed by atoms with E-state index in [-0.39, 0.29) is 18.1 Å². The predicted octanol–water partition coefficient (Wildman–Crippen LogP) is 1.95. The van der Waals surface area contributed by atoms with Gasteiger partial charge in [0.15, 0.2) is 0 Å². The Balaban J connectivity index is 1.53. The number of carbonyl (C=O) groups excluding carboxylic acids is 1. The molecular weight excluding hydrogens is 348 g/mol. The molecule has 0 aliphatic heterocycles. The molecule has 0 radical (unpaired) electrons. The zero-order valence-corrected chi connectivity index (χ0v) is 15.1. The molecule has 0 aliphatic carbocycles. The lowest BCUT2D eigenvalue weighted by atomic mass is 10.3. The van der Waals surface area contributed by atoms with Crippen molar-refractivity contribution < 1.29 is 9.72 Å². The normalized spacial score (nSPS) is 10.7. The number of hydrogen-bond donors (Lipinski definition) is 1. The molecule has 0 saturated heterocycles. The summed E-state index contributed by atoms with van der Waals surface area (Å²) >= 11 is 0. The van der Waals surface area contributed by atoms with E-state index in [1.807, 2.05) is 42.6 Å². The zero-order chi connectivity index (χ0) is 19.4. The first-order chi connectivity index (χ1) is 13.0. The molecule has 9 nitrogen and oxygen atoms in total. The summed E-state index contributed by atoms with van der Waals surface area (Å²) in [7, 11) is 0. The van der Waals surface area contributed by atoms with Crippen molar-refractivity contribution in [1.29, 1.82) is 0 Å². The van der Waals surface area contributed by atoms with Crippen LogP contribution in [0.5, 0.6) is 0 Å². The molecule has 140 valence electrons. The molecule has 1 aromatic carbocycles. The maximum atomic E-state index is 12.1. The molecule has 1 N–H and O–H groups in total. The van der Waals surface area contributed by atoms with E-state index in [1.165, 1.54) is 4.68 Å². The van der Waals surface area contributed by atoms with Crippen LogP contribution in [0.15, 0.2) is 42.6 Å². The fourth-order valence-corrected chi connectivity index (χ4v) is 2.85. The maximum Gasteiger partial charge on any atom is 0.312 e. The van der Waals surface area contributed by atoms with Gasteiger partial charge in [-0.15, -0.1) is 0 Å². The number of para-hydroxylation sites is 1. The Morgan fingerprint density at radius 2 is 1.93 bits per heavy atom. The lowest BCUT2D eigenvalue weighted by Gasteiger charge is -2.05. The van der Waals surface area contributed by atoms with Crippen molar-refractivity contribution in [2.45, 2.75) is 26.8 Å². The zero-order valence-electron chi connectivity index (χ0n) is 15.1. The van der Waals surface area contributed by atoms with Gasteiger partial charge >= 0.3 is 5.69 Å². The van der Waals surface area contributed by atoms with E-state index in [2.05, 4.69) is 15.5 Å². The van der Waals surface area contributed by atoms with Crippen LogP contribution < -0.4 is 5.32 Å². The summed E-state index contributed by atoms with van der Waals surface area (Å²) in [5, 5.41) is 22.4. The van der Waals surface area contributed by atoms with Crippen LogP contribution in [-0.2, 0) is 17.8 Å². The number of aryl methyl sites for hydroxylation is 1. The number of nitro groups is 1. The van der Waals surface area contributed by atoms with E-state index in [0.29, 0.717) is 24.4 Å². The smallest absolute Gasteiger partial charge is 0.312 e. The fraction of sp³-hybridized carbons (Fsp3) is 0.278. The van der Waals surface area contributed by atoms with E-state index >= 15 is 0 Å². The Labute approximate surface area is 155 Å². The standard InChI is InChI=1S/C18H20N6O3/c1-13-18(24(26)27)14(2)23(20-13)12-17(25)19-10-8-15-9-11-22(21-15)16-6-4-3-5-7-16/h3-7,9,11H,8,10,12H2,1-2H3,(H,19,25). The highest BCUT2D eigenvalue weighted by atomic mass is 16.6. The molecular formula is C18H20N6O3. The van der Waals surface area contributed by atoms with E-state index in [0.717, 1.165) is 11.4 Å². The number of amides is 1. The number of hydrogen-bond acceptors (Lipinski definition) is 5. The van der Waals surface area contributed by atoms with Crippen molar-refractivity contribution in [2.24, 2.45) is 0 Å². The van der Waals surface area contributed by atoms with Gasteiger partial charge in [0.05, 0.1) is 16.3 Å².